The zero-order chi connectivity index (χ0) is 17.6. The van der Waals surface area contributed by atoms with Crippen LogP contribution in [-0.4, -0.2) is 27.7 Å². The third-order valence-corrected chi connectivity index (χ3v) is 7.11. The van der Waals surface area contributed by atoms with Gasteiger partial charge in [-0.25, -0.2) is 0 Å². The van der Waals surface area contributed by atoms with Gasteiger partial charge in [-0.2, -0.15) is 0 Å². The molecule has 2 N–H and O–H groups in total. The highest BCUT2D eigenvalue weighted by molar-refractivity contribution is 5.92. The number of aliphatic hydroxyl groups is 2. The lowest BCUT2D eigenvalue weighted by atomic mass is 9.46. The first-order valence-electron chi connectivity index (χ1n) is 8.72. The van der Waals surface area contributed by atoms with E-state index in [0.717, 1.165) is 12.0 Å². The fourth-order valence-corrected chi connectivity index (χ4v) is 4.83. The Bertz CT molecular complexity index is 533. The van der Waals surface area contributed by atoms with Crippen molar-refractivity contribution in [1.29, 1.82) is 0 Å². The third kappa shape index (κ3) is 3.06. The van der Waals surface area contributed by atoms with E-state index in [1.807, 2.05) is 6.92 Å². The number of hydrogen-bond acceptors (Lipinski definition) is 3. The van der Waals surface area contributed by atoms with Crippen LogP contribution in [0.1, 0.15) is 60.3 Å². The molecule has 23 heavy (non-hydrogen) atoms. The maximum absolute atomic E-state index is 12.2. The van der Waals surface area contributed by atoms with Crippen molar-refractivity contribution in [3.63, 3.8) is 0 Å². The Balaban J connectivity index is 2.40. The normalized spacial score (nSPS) is 43.3. The van der Waals surface area contributed by atoms with Crippen LogP contribution in [0.5, 0.6) is 0 Å². The summed E-state index contributed by atoms with van der Waals surface area (Å²) in [6.45, 7) is 14.0. The number of rotatable bonds is 4. The van der Waals surface area contributed by atoms with Gasteiger partial charge < -0.3 is 10.2 Å². The molecule has 1 saturated carbocycles. The molecule has 0 spiro atoms. The number of ketones is 1. The first-order chi connectivity index (χ1) is 10.5. The van der Waals surface area contributed by atoms with Gasteiger partial charge in [-0.1, -0.05) is 32.4 Å². The van der Waals surface area contributed by atoms with E-state index in [1.165, 1.54) is 0 Å². The van der Waals surface area contributed by atoms with Gasteiger partial charge in [-0.15, -0.1) is 6.58 Å². The van der Waals surface area contributed by atoms with Crippen LogP contribution < -0.4 is 0 Å². The van der Waals surface area contributed by atoms with E-state index in [1.54, 1.807) is 19.1 Å². The van der Waals surface area contributed by atoms with E-state index in [-0.39, 0.29) is 34.6 Å². The molecular formula is C20H32O3. The molecule has 0 aromatic rings. The second kappa shape index (κ2) is 5.86. The summed E-state index contributed by atoms with van der Waals surface area (Å²) < 4.78 is 0. The molecule has 0 amide bonds. The molecule has 6 atom stereocenters. The summed E-state index contributed by atoms with van der Waals surface area (Å²) in [4.78, 5) is 12.2. The molecule has 0 saturated heterocycles. The lowest BCUT2D eigenvalue weighted by molar-refractivity contribution is -0.138. The molecule has 0 unspecified atom stereocenters. The summed E-state index contributed by atoms with van der Waals surface area (Å²) in [6, 6.07) is 0. The Morgan fingerprint density at radius 1 is 1.48 bits per heavy atom. The van der Waals surface area contributed by atoms with Crippen LogP contribution >= 0.6 is 0 Å². The van der Waals surface area contributed by atoms with Crippen molar-refractivity contribution in [1.82, 2.24) is 0 Å². The second-order valence-electron chi connectivity index (χ2n) is 8.60. The molecule has 1 fully saturated rings. The smallest absolute Gasteiger partial charge is 0.155 e. The van der Waals surface area contributed by atoms with Gasteiger partial charge in [-0.3, -0.25) is 4.79 Å². The van der Waals surface area contributed by atoms with Crippen molar-refractivity contribution in [2.75, 3.05) is 0 Å². The average molecular weight is 320 g/mol. The summed E-state index contributed by atoms with van der Waals surface area (Å²) in [5.74, 6) is 0.488. The number of fused-ring (bicyclic) bond motifs is 1. The maximum atomic E-state index is 12.2. The van der Waals surface area contributed by atoms with Crippen molar-refractivity contribution in [2.24, 2.45) is 22.7 Å². The lowest BCUT2D eigenvalue weighted by Gasteiger charge is -2.59. The van der Waals surface area contributed by atoms with Gasteiger partial charge in [0.25, 0.3) is 0 Å². The number of allylic oxidation sites excluding steroid dienone is 2. The lowest BCUT2D eigenvalue weighted by Crippen LogP contribution is -2.56. The maximum Gasteiger partial charge on any atom is 0.155 e. The van der Waals surface area contributed by atoms with E-state index < -0.39 is 5.60 Å². The average Bonchev–Trinajstić information content (AvgIpc) is 2.47. The van der Waals surface area contributed by atoms with Crippen molar-refractivity contribution in [3.05, 3.63) is 24.3 Å². The molecule has 0 aliphatic heterocycles. The van der Waals surface area contributed by atoms with Crippen LogP contribution in [0, 0.1) is 22.7 Å². The van der Waals surface area contributed by atoms with Crippen LogP contribution in [-0.2, 0) is 4.79 Å². The Morgan fingerprint density at radius 2 is 2.09 bits per heavy atom. The van der Waals surface area contributed by atoms with Gasteiger partial charge in [0, 0.05) is 6.42 Å². The molecule has 3 nitrogen and oxygen atoms in total. The number of carbonyl (C=O) groups is 1. The highest BCUT2D eigenvalue weighted by Gasteiger charge is 2.57. The van der Waals surface area contributed by atoms with Crippen LogP contribution in [0.2, 0.25) is 0 Å². The van der Waals surface area contributed by atoms with Gasteiger partial charge in [-0.05, 0) is 61.9 Å². The molecule has 2 rings (SSSR count). The Hall–Kier alpha value is -0.930. The molecule has 0 aromatic heterocycles. The van der Waals surface area contributed by atoms with Crippen LogP contribution in [0.4, 0.5) is 0 Å². The second-order valence-corrected chi connectivity index (χ2v) is 8.60. The first kappa shape index (κ1) is 18.4. The first-order valence-corrected chi connectivity index (χ1v) is 8.72. The quantitative estimate of drug-likeness (QED) is 0.777. The summed E-state index contributed by atoms with van der Waals surface area (Å²) in [5.41, 5.74) is -0.156. The minimum absolute atomic E-state index is 0.0971. The van der Waals surface area contributed by atoms with Gasteiger partial charge >= 0.3 is 0 Å². The molecule has 130 valence electrons. The summed E-state index contributed by atoms with van der Waals surface area (Å²) >= 11 is 0. The van der Waals surface area contributed by atoms with E-state index in [2.05, 4.69) is 27.4 Å². The number of hydrogen-bond donors (Lipinski definition) is 2. The minimum atomic E-state index is -0.912. The SMILES string of the molecule is C=C[C@](C)(O)CC[C@@]1(C)[C@H]2CC(=O)C=C(C)[C@]2(C)C[C@@H](O)[C@@H]1C. The molecule has 2 aliphatic carbocycles. The third-order valence-electron chi connectivity index (χ3n) is 7.11. The summed E-state index contributed by atoms with van der Waals surface area (Å²) in [5, 5.41) is 21.0. The largest absolute Gasteiger partial charge is 0.393 e. The summed E-state index contributed by atoms with van der Waals surface area (Å²) in [6.07, 6.45) is 5.57. The van der Waals surface area contributed by atoms with E-state index in [4.69, 9.17) is 0 Å². The van der Waals surface area contributed by atoms with E-state index in [9.17, 15) is 15.0 Å². The molecule has 2 aliphatic rings. The van der Waals surface area contributed by atoms with Crippen molar-refractivity contribution in [3.8, 4) is 0 Å². The van der Waals surface area contributed by atoms with Crippen molar-refractivity contribution in [2.45, 2.75) is 72.0 Å². The predicted molar refractivity (Wildman–Crippen MR) is 92.9 cm³/mol. The standard InChI is InChI=1S/C20H32O3/c1-7-18(4,23)8-9-19(5)14(3)16(22)12-20(6)13(2)10-15(21)11-17(19)20/h7,10,14,16-17,22-23H,1,8-9,11-12H2,2-6H3/t14-,16+,17+,18-,19+,20-/m0/s1. The van der Waals surface area contributed by atoms with Gasteiger partial charge in [0.1, 0.15) is 0 Å². The fraction of sp³-hybridized carbons (Fsp3) is 0.750. The zero-order valence-electron chi connectivity index (χ0n) is 15.2. The van der Waals surface area contributed by atoms with E-state index >= 15 is 0 Å². The van der Waals surface area contributed by atoms with Crippen molar-refractivity contribution < 1.29 is 15.0 Å². The number of carbonyl (C=O) groups excluding carboxylic acids is 1. The molecule has 0 bridgehead atoms. The van der Waals surface area contributed by atoms with Crippen molar-refractivity contribution >= 4 is 5.78 Å². The minimum Gasteiger partial charge on any atom is -0.393 e. The van der Waals surface area contributed by atoms with E-state index in [0.29, 0.717) is 19.3 Å². The Morgan fingerprint density at radius 3 is 2.65 bits per heavy atom. The van der Waals surface area contributed by atoms with Crippen LogP contribution in [0.15, 0.2) is 24.3 Å². The molecule has 0 radical (unpaired) electrons. The van der Waals surface area contributed by atoms with Crippen LogP contribution in [0.3, 0.4) is 0 Å². The number of aliphatic hydroxyl groups excluding tert-OH is 1. The Kier molecular flexibility index (Phi) is 4.69. The zero-order valence-corrected chi connectivity index (χ0v) is 15.2. The van der Waals surface area contributed by atoms with Gasteiger partial charge in [0.05, 0.1) is 11.7 Å². The summed E-state index contributed by atoms with van der Waals surface area (Å²) in [7, 11) is 0. The molecule has 0 aromatic carbocycles. The monoisotopic (exact) mass is 320 g/mol. The Labute approximate surface area is 140 Å². The highest BCUT2D eigenvalue weighted by atomic mass is 16.3. The fourth-order valence-electron chi connectivity index (χ4n) is 4.83. The molecule has 0 heterocycles. The molecular weight excluding hydrogens is 288 g/mol. The van der Waals surface area contributed by atoms with Gasteiger partial charge in [0.2, 0.25) is 0 Å². The molecule has 3 heteroatoms. The van der Waals surface area contributed by atoms with Crippen LogP contribution in [0.25, 0.3) is 0 Å². The topological polar surface area (TPSA) is 57.5 Å². The van der Waals surface area contributed by atoms with Gasteiger partial charge in [0.15, 0.2) is 5.78 Å². The predicted octanol–water partition coefficient (Wildman–Crippen LogP) is 3.65. The highest BCUT2D eigenvalue weighted by Crippen LogP contribution is 2.61.